The van der Waals surface area contributed by atoms with Gasteiger partial charge in [0, 0.05) is 38.0 Å². The van der Waals surface area contributed by atoms with Crippen molar-refractivity contribution < 1.29 is 19.0 Å². The van der Waals surface area contributed by atoms with Gasteiger partial charge in [-0.25, -0.2) is 9.37 Å². The van der Waals surface area contributed by atoms with Crippen molar-refractivity contribution >= 4 is 5.82 Å². The van der Waals surface area contributed by atoms with E-state index in [-0.39, 0.29) is 17.7 Å². The molecule has 3 aliphatic heterocycles. The average Bonchev–Trinajstić information content (AvgIpc) is 3.32. The van der Waals surface area contributed by atoms with Crippen molar-refractivity contribution in [3.05, 3.63) is 64.8 Å². The van der Waals surface area contributed by atoms with Crippen molar-refractivity contribution in [1.82, 2.24) is 9.88 Å². The third kappa shape index (κ3) is 5.68. The van der Waals surface area contributed by atoms with Crippen LogP contribution < -0.4 is 10.1 Å². The van der Waals surface area contributed by atoms with Gasteiger partial charge in [0.1, 0.15) is 23.1 Å². The lowest BCUT2D eigenvalue weighted by atomic mass is 9.89. The number of halogens is 1. The number of hydrogen-bond acceptors (Lipinski definition) is 6. The highest BCUT2D eigenvalue weighted by molar-refractivity contribution is 5.47. The molecule has 36 heavy (non-hydrogen) atoms. The molecular formula is C29H38FN3O3. The first kappa shape index (κ1) is 25.0. The Labute approximate surface area is 213 Å². The first-order valence-corrected chi connectivity index (χ1v) is 13.4. The van der Waals surface area contributed by atoms with Gasteiger partial charge in [-0.15, -0.1) is 0 Å². The smallest absolute Gasteiger partial charge is 0.129 e. The van der Waals surface area contributed by atoms with E-state index in [0.29, 0.717) is 31.4 Å². The van der Waals surface area contributed by atoms with Crippen LogP contribution in [0.2, 0.25) is 0 Å². The number of aliphatic hydroxyl groups is 1. The first-order chi connectivity index (χ1) is 17.5. The zero-order valence-electron chi connectivity index (χ0n) is 21.3. The monoisotopic (exact) mass is 495 g/mol. The van der Waals surface area contributed by atoms with Crippen LogP contribution in [0.25, 0.3) is 0 Å². The van der Waals surface area contributed by atoms with Crippen LogP contribution in [0.3, 0.4) is 0 Å². The first-order valence-electron chi connectivity index (χ1n) is 13.4. The molecular weight excluding hydrogens is 457 g/mol. The van der Waals surface area contributed by atoms with E-state index in [1.165, 1.54) is 24.1 Å². The van der Waals surface area contributed by atoms with Gasteiger partial charge < -0.3 is 19.9 Å². The van der Waals surface area contributed by atoms with Gasteiger partial charge in [-0.2, -0.15) is 0 Å². The summed E-state index contributed by atoms with van der Waals surface area (Å²) in [4.78, 5) is 6.94. The molecule has 0 aliphatic carbocycles. The Morgan fingerprint density at radius 2 is 2.25 bits per heavy atom. The molecule has 194 valence electrons. The summed E-state index contributed by atoms with van der Waals surface area (Å²) in [6, 6.07) is 6.89. The molecule has 7 heteroatoms. The van der Waals surface area contributed by atoms with Crippen molar-refractivity contribution in [2.75, 3.05) is 38.2 Å². The molecule has 0 amide bonds. The molecule has 5 rings (SSSR count). The minimum atomic E-state index is -0.458. The molecule has 0 spiro atoms. The van der Waals surface area contributed by atoms with E-state index in [1.807, 2.05) is 0 Å². The second-order valence-corrected chi connectivity index (χ2v) is 10.6. The van der Waals surface area contributed by atoms with E-state index in [0.717, 1.165) is 74.3 Å². The van der Waals surface area contributed by atoms with Crippen molar-refractivity contribution in [2.24, 2.45) is 5.92 Å². The molecule has 3 atom stereocenters. The Morgan fingerprint density at radius 3 is 3.11 bits per heavy atom. The molecule has 1 aromatic heterocycles. The summed E-state index contributed by atoms with van der Waals surface area (Å²) in [5.41, 5.74) is 4.20. The van der Waals surface area contributed by atoms with E-state index in [2.05, 4.69) is 35.9 Å². The van der Waals surface area contributed by atoms with E-state index in [4.69, 9.17) is 14.5 Å². The molecule has 0 radical (unpaired) electrons. The van der Waals surface area contributed by atoms with E-state index < -0.39 is 6.04 Å². The molecule has 4 heterocycles. The number of nitrogens with one attached hydrogen (secondary N) is 1. The number of aromatic nitrogens is 1. The standard InChI is InChI=1S/C29H38FN3O3/c1-19-14-25-26(15-22(30)16-27(25)36-18-19)28(20(2)34)33-12-10-24(17-33)35-13-4-3-7-23-9-8-21-6-5-11-31-29(21)32-23/h8-9,15-16,19,24,28,34H,2-7,10-14,17-18H2,1H3,(H,31,32)/t19-,24+,28+/m0/s1. The Kier molecular flexibility index (Phi) is 7.77. The summed E-state index contributed by atoms with van der Waals surface area (Å²) < 4.78 is 26.4. The van der Waals surface area contributed by atoms with Crippen LogP contribution in [-0.4, -0.2) is 53.9 Å². The topological polar surface area (TPSA) is 66.9 Å². The molecule has 2 aromatic rings. The van der Waals surface area contributed by atoms with Crippen LogP contribution in [-0.2, 0) is 24.0 Å². The van der Waals surface area contributed by atoms with Crippen molar-refractivity contribution in [1.29, 1.82) is 0 Å². The van der Waals surface area contributed by atoms with Gasteiger partial charge in [0.15, 0.2) is 0 Å². The van der Waals surface area contributed by atoms with Crippen LogP contribution in [0, 0.1) is 11.7 Å². The van der Waals surface area contributed by atoms with Crippen LogP contribution in [0.4, 0.5) is 10.2 Å². The maximum Gasteiger partial charge on any atom is 0.129 e. The second-order valence-electron chi connectivity index (χ2n) is 10.6. The Balaban J connectivity index is 1.13. The van der Waals surface area contributed by atoms with Gasteiger partial charge >= 0.3 is 0 Å². The van der Waals surface area contributed by atoms with E-state index in [9.17, 15) is 9.50 Å². The molecule has 1 aromatic carbocycles. The lowest BCUT2D eigenvalue weighted by Crippen LogP contribution is -2.31. The number of hydrogen-bond donors (Lipinski definition) is 2. The quantitative estimate of drug-likeness (QED) is 0.360. The summed E-state index contributed by atoms with van der Waals surface area (Å²) >= 11 is 0. The summed E-state index contributed by atoms with van der Waals surface area (Å²) in [7, 11) is 0. The van der Waals surface area contributed by atoms with E-state index >= 15 is 0 Å². The fraction of sp³-hybridized carbons (Fsp3) is 0.552. The van der Waals surface area contributed by atoms with E-state index in [1.54, 1.807) is 0 Å². The summed E-state index contributed by atoms with van der Waals surface area (Å²) in [6.07, 6.45) is 7.03. The SMILES string of the molecule is C=C(O)[C@H](c1cc(F)cc2c1C[C@H](C)CO2)N1CC[C@@H](OCCCCc2ccc3c(n2)NCCC3)C1. The highest BCUT2D eigenvalue weighted by Crippen LogP contribution is 2.39. The van der Waals surface area contributed by atoms with Crippen molar-refractivity contribution in [2.45, 2.75) is 64.0 Å². The van der Waals surface area contributed by atoms with Crippen LogP contribution >= 0.6 is 0 Å². The number of likely N-dealkylation sites (tertiary alicyclic amines) is 1. The Morgan fingerprint density at radius 1 is 1.36 bits per heavy atom. The molecule has 1 saturated heterocycles. The largest absolute Gasteiger partial charge is 0.511 e. The lowest BCUT2D eigenvalue weighted by Gasteiger charge is -2.32. The van der Waals surface area contributed by atoms with Crippen LogP contribution in [0.5, 0.6) is 5.75 Å². The fourth-order valence-corrected chi connectivity index (χ4v) is 5.74. The lowest BCUT2D eigenvalue weighted by molar-refractivity contribution is 0.0523. The number of ether oxygens (including phenoxy) is 2. The number of anilines is 1. The van der Waals surface area contributed by atoms with Crippen LogP contribution in [0.1, 0.15) is 61.0 Å². The van der Waals surface area contributed by atoms with Gasteiger partial charge in [0.2, 0.25) is 0 Å². The number of nitrogens with zero attached hydrogens (tertiary/aromatic N) is 2. The number of aryl methyl sites for hydroxylation is 2. The summed E-state index contributed by atoms with van der Waals surface area (Å²) in [5, 5.41) is 14.0. The molecule has 2 N–H and O–H groups in total. The number of benzene rings is 1. The Bertz CT molecular complexity index is 1090. The Hall–Kier alpha value is -2.64. The third-order valence-electron chi connectivity index (χ3n) is 7.57. The number of pyridine rings is 1. The highest BCUT2D eigenvalue weighted by atomic mass is 19.1. The molecule has 6 nitrogen and oxygen atoms in total. The maximum atomic E-state index is 14.4. The zero-order chi connectivity index (χ0) is 25.1. The van der Waals surface area contributed by atoms with Crippen molar-refractivity contribution in [3.8, 4) is 5.75 Å². The molecule has 3 aliphatic rings. The number of rotatable bonds is 9. The predicted molar refractivity (Wildman–Crippen MR) is 139 cm³/mol. The van der Waals surface area contributed by atoms with Gasteiger partial charge in [-0.05, 0) is 79.7 Å². The zero-order valence-corrected chi connectivity index (χ0v) is 21.3. The second kappa shape index (κ2) is 11.2. The predicted octanol–water partition coefficient (Wildman–Crippen LogP) is 5.38. The normalized spacial score (nSPS) is 22.3. The third-order valence-corrected chi connectivity index (χ3v) is 7.57. The average molecular weight is 496 g/mol. The molecule has 1 fully saturated rings. The number of fused-ring (bicyclic) bond motifs is 2. The maximum absolute atomic E-state index is 14.4. The van der Waals surface area contributed by atoms with Gasteiger partial charge in [0.05, 0.1) is 18.8 Å². The van der Waals surface area contributed by atoms with Crippen molar-refractivity contribution in [3.63, 3.8) is 0 Å². The minimum Gasteiger partial charge on any atom is -0.511 e. The number of unbranched alkanes of at least 4 members (excludes halogenated alkanes) is 1. The molecule has 0 bridgehead atoms. The summed E-state index contributed by atoms with van der Waals surface area (Å²) in [5.74, 6) is 1.68. The highest BCUT2D eigenvalue weighted by Gasteiger charge is 2.34. The van der Waals surface area contributed by atoms with Gasteiger partial charge in [-0.3, -0.25) is 4.90 Å². The number of aliphatic hydroxyl groups excluding tert-OH is 1. The molecule has 0 saturated carbocycles. The minimum absolute atomic E-state index is 0.0358. The van der Waals surface area contributed by atoms with Gasteiger partial charge in [0.25, 0.3) is 0 Å². The van der Waals surface area contributed by atoms with Crippen LogP contribution in [0.15, 0.2) is 36.6 Å². The fourth-order valence-electron chi connectivity index (χ4n) is 5.74. The molecule has 0 unspecified atom stereocenters. The summed E-state index contributed by atoms with van der Waals surface area (Å²) in [6.45, 7) is 9.71. The van der Waals surface area contributed by atoms with Gasteiger partial charge in [-0.1, -0.05) is 19.6 Å².